The highest BCUT2D eigenvalue weighted by Gasteiger charge is 2.34. The first kappa shape index (κ1) is 16.4. The largest absolute Gasteiger partial charge is 0.467 e. The summed E-state index contributed by atoms with van der Waals surface area (Å²) in [6, 6.07) is 0. The van der Waals surface area contributed by atoms with Crippen LogP contribution in [0.3, 0.4) is 0 Å². The summed E-state index contributed by atoms with van der Waals surface area (Å²) in [6.07, 6.45) is -1.27. The molecular weight excluding hydrogens is 268 g/mol. The number of aliphatic hydroxyl groups excluding tert-OH is 1. The molecule has 0 aliphatic carbocycles. The van der Waals surface area contributed by atoms with Crippen LogP contribution in [0.2, 0.25) is 0 Å². The molecule has 1 fully saturated rings. The van der Waals surface area contributed by atoms with Gasteiger partial charge in [-0.25, -0.2) is 4.79 Å². The molecule has 114 valence electrons. The van der Waals surface area contributed by atoms with Gasteiger partial charge in [0.15, 0.2) is 6.10 Å². The molecule has 2 atom stereocenters. The van der Waals surface area contributed by atoms with Crippen LogP contribution >= 0.6 is 0 Å². The van der Waals surface area contributed by atoms with Crippen molar-refractivity contribution in [3.05, 3.63) is 0 Å². The van der Waals surface area contributed by atoms with Gasteiger partial charge in [0.1, 0.15) is 0 Å². The van der Waals surface area contributed by atoms with E-state index in [1.807, 2.05) is 0 Å². The molecule has 2 amide bonds. The first-order chi connectivity index (χ1) is 9.49. The number of carbonyl (C=O) groups is 3. The summed E-state index contributed by atoms with van der Waals surface area (Å²) in [5.74, 6) is -1.74. The van der Waals surface area contributed by atoms with Crippen molar-refractivity contribution in [1.29, 1.82) is 0 Å². The minimum atomic E-state index is -1.40. The lowest BCUT2D eigenvalue weighted by Gasteiger charge is -2.16. The number of nitrogens with zero attached hydrogens (tertiary/aromatic N) is 1. The fraction of sp³-hybridized carbons (Fsp3) is 0.750. The van der Waals surface area contributed by atoms with Crippen LogP contribution in [0, 0.1) is 5.92 Å². The Morgan fingerprint density at radius 1 is 1.50 bits per heavy atom. The van der Waals surface area contributed by atoms with Crippen LogP contribution in [0.5, 0.6) is 0 Å². The molecule has 0 bridgehead atoms. The monoisotopic (exact) mass is 288 g/mol. The Morgan fingerprint density at radius 3 is 2.80 bits per heavy atom. The summed E-state index contributed by atoms with van der Waals surface area (Å²) in [5.41, 5.74) is 0. The van der Waals surface area contributed by atoms with E-state index >= 15 is 0 Å². The molecule has 0 aromatic heterocycles. The zero-order valence-corrected chi connectivity index (χ0v) is 11.6. The van der Waals surface area contributed by atoms with Gasteiger partial charge in [0.2, 0.25) is 11.8 Å². The molecule has 1 saturated heterocycles. The number of hydrogen-bond donors (Lipinski definition) is 2. The van der Waals surface area contributed by atoms with Crippen molar-refractivity contribution >= 4 is 17.8 Å². The highest BCUT2D eigenvalue weighted by atomic mass is 16.5. The van der Waals surface area contributed by atoms with E-state index < -0.39 is 18.0 Å². The molecule has 2 unspecified atom stereocenters. The first-order valence-electron chi connectivity index (χ1n) is 6.30. The second-order valence-corrected chi connectivity index (χ2v) is 4.52. The van der Waals surface area contributed by atoms with Crippen LogP contribution < -0.4 is 5.32 Å². The third-order valence-corrected chi connectivity index (χ3v) is 3.09. The highest BCUT2D eigenvalue weighted by molar-refractivity contribution is 5.89. The summed E-state index contributed by atoms with van der Waals surface area (Å²) < 4.78 is 9.22. The predicted octanol–water partition coefficient (Wildman–Crippen LogP) is -1.87. The van der Waals surface area contributed by atoms with E-state index in [4.69, 9.17) is 4.74 Å². The Kier molecular flexibility index (Phi) is 6.40. The number of likely N-dealkylation sites (tertiary alicyclic amines) is 1. The zero-order valence-electron chi connectivity index (χ0n) is 11.6. The molecule has 0 radical (unpaired) electrons. The van der Waals surface area contributed by atoms with Gasteiger partial charge in [-0.15, -0.1) is 0 Å². The maximum atomic E-state index is 11.8. The molecule has 8 nitrogen and oxygen atoms in total. The van der Waals surface area contributed by atoms with E-state index in [2.05, 4.69) is 10.1 Å². The molecule has 1 aliphatic rings. The molecule has 0 aromatic rings. The minimum Gasteiger partial charge on any atom is -0.467 e. The standard InChI is InChI=1S/C12H20N2O6/c1-19-4-3-14-7-8(5-10(14)16)11(17)13-6-9(15)12(18)20-2/h8-9,15H,3-7H2,1-2H3,(H,13,17). The first-order valence-corrected chi connectivity index (χ1v) is 6.30. The number of nitrogens with one attached hydrogen (secondary N) is 1. The van der Waals surface area contributed by atoms with Crippen LogP contribution in [-0.2, 0) is 23.9 Å². The molecule has 1 heterocycles. The van der Waals surface area contributed by atoms with Gasteiger partial charge in [0.05, 0.1) is 26.2 Å². The van der Waals surface area contributed by atoms with E-state index in [1.165, 1.54) is 0 Å². The SMILES string of the molecule is COCCN1CC(C(=O)NCC(O)C(=O)OC)CC1=O. The number of esters is 1. The number of ether oxygens (including phenoxy) is 2. The van der Waals surface area contributed by atoms with E-state index in [0.29, 0.717) is 19.7 Å². The Morgan fingerprint density at radius 2 is 2.20 bits per heavy atom. The fourth-order valence-electron chi connectivity index (χ4n) is 1.93. The molecule has 0 aromatic carbocycles. The van der Waals surface area contributed by atoms with E-state index in [1.54, 1.807) is 12.0 Å². The number of hydrogen-bond acceptors (Lipinski definition) is 6. The quantitative estimate of drug-likeness (QED) is 0.532. The van der Waals surface area contributed by atoms with E-state index in [9.17, 15) is 19.5 Å². The number of rotatable bonds is 7. The molecule has 1 aliphatic heterocycles. The molecule has 20 heavy (non-hydrogen) atoms. The smallest absolute Gasteiger partial charge is 0.336 e. The van der Waals surface area contributed by atoms with Crippen molar-refractivity contribution in [1.82, 2.24) is 10.2 Å². The lowest BCUT2D eigenvalue weighted by molar-refractivity contribution is -0.150. The van der Waals surface area contributed by atoms with E-state index in [0.717, 1.165) is 7.11 Å². The van der Waals surface area contributed by atoms with Gasteiger partial charge in [0, 0.05) is 26.6 Å². The van der Waals surface area contributed by atoms with Gasteiger partial charge in [-0.05, 0) is 0 Å². The Bertz CT molecular complexity index is 373. The Hall–Kier alpha value is -1.67. The van der Waals surface area contributed by atoms with Crippen molar-refractivity contribution in [2.75, 3.05) is 40.5 Å². The second-order valence-electron chi connectivity index (χ2n) is 4.52. The third-order valence-electron chi connectivity index (χ3n) is 3.09. The summed E-state index contributed by atoms with van der Waals surface area (Å²) in [7, 11) is 2.69. The van der Waals surface area contributed by atoms with Crippen molar-refractivity contribution < 1.29 is 29.0 Å². The van der Waals surface area contributed by atoms with Crippen molar-refractivity contribution in [3.63, 3.8) is 0 Å². The average Bonchev–Trinajstić information content (AvgIpc) is 2.82. The fourth-order valence-corrected chi connectivity index (χ4v) is 1.93. The van der Waals surface area contributed by atoms with Gasteiger partial charge in [-0.3, -0.25) is 9.59 Å². The maximum Gasteiger partial charge on any atom is 0.336 e. The zero-order chi connectivity index (χ0) is 15.1. The van der Waals surface area contributed by atoms with Gasteiger partial charge in [-0.2, -0.15) is 0 Å². The maximum absolute atomic E-state index is 11.8. The highest BCUT2D eigenvalue weighted by Crippen LogP contribution is 2.17. The van der Waals surface area contributed by atoms with Crippen LogP contribution in [-0.4, -0.2) is 74.4 Å². The molecule has 8 heteroatoms. The summed E-state index contributed by atoms with van der Waals surface area (Å²) in [4.78, 5) is 36.0. The Labute approximate surface area is 117 Å². The van der Waals surface area contributed by atoms with Crippen LogP contribution in [0.25, 0.3) is 0 Å². The van der Waals surface area contributed by atoms with Crippen molar-refractivity contribution in [2.24, 2.45) is 5.92 Å². The summed E-state index contributed by atoms with van der Waals surface area (Å²) in [6.45, 7) is 0.960. The normalized spacial score (nSPS) is 19.9. The lowest BCUT2D eigenvalue weighted by Crippen LogP contribution is -2.40. The number of aliphatic hydroxyl groups is 1. The average molecular weight is 288 g/mol. The second kappa shape index (κ2) is 7.81. The van der Waals surface area contributed by atoms with Gasteiger partial charge in [0.25, 0.3) is 0 Å². The molecule has 2 N–H and O–H groups in total. The van der Waals surface area contributed by atoms with Gasteiger partial charge >= 0.3 is 5.97 Å². The Balaban J connectivity index is 2.38. The predicted molar refractivity (Wildman–Crippen MR) is 67.6 cm³/mol. The van der Waals surface area contributed by atoms with Crippen LogP contribution in [0.4, 0.5) is 0 Å². The molecular formula is C12H20N2O6. The van der Waals surface area contributed by atoms with Crippen LogP contribution in [0.15, 0.2) is 0 Å². The van der Waals surface area contributed by atoms with Crippen molar-refractivity contribution in [2.45, 2.75) is 12.5 Å². The van der Waals surface area contributed by atoms with Gasteiger partial charge < -0.3 is 24.8 Å². The topological polar surface area (TPSA) is 105 Å². The summed E-state index contributed by atoms with van der Waals surface area (Å²) >= 11 is 0. The van der Waals surface area contributed by atoms with Crippen molar-refractivity contribution in [3.8, 4) is 0 Å². The molecule has 1 rings (SSSR count). The van der Waals surface area contributed by atoms with Crippen LogP contribution in [0.1, 0.15) is 6.42 Å². The minimum absolute atomic E-state index is 0.101. The van der Waals surface area contributed by atoms with E-state index in [-0.39, 0.29) is 24.8 Å². The molecule has 0 saturated carbocycles. The third kappa shape index (κ3) is 4.46. The van der Waals surface area contributed by atoms with Gasteiger partial charge in [-0.1, -0.05) is 0 Å². The lowest BCUT2D eigenvalue weighted by atomic mass is 10.1. The number of methoxy groups -OCH3 is 2. The number of carbonyl (C=O) groups excluding carboxylic acids is 3. The number of amides is 2. The summed E-state index contributed by atoms with van der Waals surface area (Å²) in [5, 5.41) is 11.8. The molecule has 0 spiro atoms.